The molecule has 1 aliphatic heterocycles. The molecule has 4 atom stereocenters. The summed E-state index contributed by atoms with van der Waals surface area (Å²) in [7, 11) is 3.21. The van der Waals surface area contributed by atoms with Crippen LogP contribution in [0.3, 0.4) is 0 Å². The maximum Gasteiger partial charge on any atom is 0.238 e. The van der Waals surface area contributed by atoms with E-state index in [0.29, 0.717) is 52.5 Å². The molecular weight excluding hydrogens is 634 g/mol. The molecule has 1 heterocycles. The smallest absolute Gasteiger partial charge is 0.238 e. The molecule has 0 saturated carbocycles. The van der Waals surface area contributed by atoms with Crippen molar-refractivity contribution in [2.75, 3.05) is 25.7 Å². The minimum Gasteiger partial charge on any atom is -0.504 e. The highest BCUT2D eigenvalue weighted by atomic mass is 16.5. The van der Waals surface area contributed by atoms with Gasteiger partial charge in [0.2, 0.25) is 11.8 Å². The molecule has 2 amide bonds. The number of carbonyl (C=O) groups is 4. The Bertz CT molecular complexity index is 2070. The number of ether oxygens (including phenoxy) is 3. The van der Waals surface area contributed by atoms with Crippen LogP contribution in [0, 0.1) is 17.8 Å². The number of rotatable bonds is 8. The van der Waals surface area contributed by atoms with E-state index in [1.165, 1.54) is 17.0 Å². The van der Waals surface area contributed by atoms with Crippen LogP contribution in [-0.4, -0.2) is 49.3 Å². The van der Waals surface area contributed by atoms with Crippen molar-refractivity contribution < 1.29 is 38.5 Å². The number of Topliss-reactive ketones (excluding diaryl/α,β-unsaturated/α-hetero) is 1. The molecule has 3 aromatic carbocycles. The predicted molar refractivity (Wildman–Crippen MR) is 188 cm³/mol. The molecule has 3 aliphatic carbocycles. The summed E-state index contributed by atoms with van der Waals surface area (Å²) in [6, 6.07) is 17.7. The van der Waals surface area contributed by atoms with E-state index in [-0.39, 0.29) is 41.3 Å². The molecule has 0 bridgehead atoms. The highest BCUT2D eigenvalue weighted by Crippen LogP contribution is 2.56. The summed E-state index contributed by atoms with van der Waals surface area (Å²) in [5.41, 5.74) is 4.80. The van der Waals surface area contributed by atoms with Crippen molar-refractivity contribution in [3.63, 3.8) is 0 Å². The summed E-state index contributed by atoms with van der Waals surface area (Å²) in [6.45, 7) is 3.76. The molecule has 0 spiro atoms. The van der Waals surface area contributed by atoms with Crippen molar-refractivity contribution in [1.29, 1.82) is 0 Å². The first-order valence-corrected chi connectivity index (χ1v) is 16.7. The van der Waals surface area contributed by atoms with Gasteiger partial charge in [-0.3, -0.25) is 24.1 Å². The summed E-state index contributed by atoms with van der Waals surface area (Å²) < 4.78 is 16.5. The third kappa shape index (κ3) is 5.43. The van der Waals surface area contributed by atoms with Crippen LogP contribution in [0.25, 0.3) is 12.2 Å². The molecule has 9 nitrogen and oxygen atoms in total. The zero-order valence-electron chi connectivity index (χ0n) is 28.3. The maximum absolute atomic E-state index is 14.3. The number of fused-ring (bicyclic) bond motifs is 3. The van der Waals surface area contributed by atoms with E-state index in [1.807, 2.05) is 55.5 Å². The number of aromatic hydroxyl groups is 1. The first-order valence-electron chi connectivity index (χ1n) is 16.7. The molecule has 254 valence electrons. The lowest BCUT2D eigenvalue weighted by Gasteiger charge is -2.42. The van der Waals surface area contributed by atoms with Gasteiger partial charge in [-0.1, -0.05) is 42.0 Å². The van der Waals surface area contributed by atoms with Crippen LogP contribution in [0.2, 0.25) is 0 Å². The molecule has 1 fully saturated rings. The minimum atomic E-state index is -0.697. The van der Waals surface area contributed by atoms with Gasteiger partial charge in [0.1, 0.15) is 11.5 Å². The van der Waals surface area contributed by atoms with Gasteiger partial charge < -0.3 is 19.3 Å². The van der Waals surface area contributed by atoms with E-state index >= 15 is 0 Å². The first kappa shape index (κ1) is 32.8. The number of allylic oxidation sites excluding steroid dienone is 6. The second-order valence-corrected chi connectivity index (χ2v) is 12.9. The fourth-order valence-electron chi connectivity index (χ4n) is 7.89. The van der Waals surface area contributed by atoms with Gasteiger partial charge >= 0.3 is 0 Å². The van der Waals surface area contributed by atoms with Gasteiger partial charge in [-0.15, -0.1) is 0 Å². The lowest BCUT2D eigenvalue weighted by molar-refractivity contribution is -0.123. The maximum atomic E-state index is 14.3. The monoisotopic (exact) mass is 671 g/mol. The third-order valence-electron chi connectivity index (χ3n) is 10.2. The molecule has 9 heteroatoms. The zero-order chi connectivity index (χ0) is 35.3. The highest BCUT2D eigenvalue weighted by molar-refractivity contribution is 6.25. The Labute approximate surface area is 290 Å². The van der Waals surface area contributed by atoms with Crippen molar-refractivity contribution >= 4 is 41.2 Å². The van der Waals surface area contributed by atoms with Gasteiger partial charge in [-0.25, -0.2) is 0 Å². The fourth-order valence-corrected chi connectivity index (χ4v) is 7.89. The molecule has 0 radical (unpaired) electrons. The number of amides is 2. The normalized spacial score (nSPS) is 23.0. The zero-order valence-corrected chi connectivity index (χ0v) is 28.3. The number of methoxy groups -OCH3 is 2. The van der Waals surface area contributed by atoms with Crippen LogP contribution in [0.5, 0.6) is 23.0 Å². The first-order chi connectivity index (χ1) is 24.1. The number of hydrogen-bond acceptors (Lipinski definition) is 8. The van der Waals surface area contributed by atoms with E-state index in [4.69, 9.17) is 14.2 Å². The lowest BCUT2D eigenvalue weighted by Crippen LogP contribution is -2.39. The number of carbonyl (C=O) groups excluding carboxylic acids is 4. The van der Waals surface area contributed by atoms with Crippen LogP contribution >= 0.6 is 0 Å². The van der Waals surface area contributed by atoms with E-state index in [0.717, 1.165) is 16.7 Å². The Hall–Kier alpha value is -5.70. The van der Waals surface area contributed by atoms with Crippen LogP contribution in [0.4, 0.5) is 5.69 Å². The van der Waals surface area contributed by atoms with Crippen molar-refractivity contribution in [2.45, 2.75) is 32.6 Å². The van der Waals surface area contributed by atoms with Gasteiger partial charge in [0.05, 0.1) is 38.3 Å². The molecule has 1 saturated heterocycles. The molecule has 7 rings (SSSR count). The summed E-state index contributed by atoms with van der Waals surface area (Å²) in [4.78, 5) is 56.7. The van der Waals surface area contributed by atoms with Gasteiger partial charge in [0.15, 0.2) is 23.1 Å². The predicted octanol–water partition coefficient (Wildman–Crippen LogP) is 6.61. The number of hydrogen-bond donors (Lipinski definition) is 1. The van der Waals surface area contributed by atoms with Crippen LogP contribution < -0.4 is 19.1 Å². The van der Waals surface area contributed by atoms with Gasteiger partial charge in [0.25, 0.3) is 0 Å². The third-order valence-corrected chi connectivity index (χ3v) is 10.2. The van der Waals surface area contributed by atoms with E-state index in [9.17, 15) is 24.3 Å². The number of imide groups is 1. The standard InChI is InChI=1S/C41H37NO8/c1-5-50-35-20-25(10-16-32(35)43)36-28-14-15-29-37(30(28)21-31-38(36)33(44)18-22(2)39(31)45)41(47)42(40(29)46)26-11-7-23(8-12-26)6-9-24-19-27(48-3)13-17-34(24)49-4/h6-14,16-20,29-30,36-37,43H,5,15,21H2,1-4H3/t29-,30+,36-,37-/m0/s1. The average molecular weight is 672 g/mol. The van der Waals surface area contributed by atoms with Gasteiger partial charge in [0, 0.05) is 28.2 Å². The Morgan fingerprint density at radius 2 is 1.66 bits per heavy atom. The van der Waals surface area contributed by atoms with Crippen molar-refractivity contribution in [2.24, 2.45) is 17.8 Å². The average Bonchev–Trinajstić information content (AvgIpc) is 3.39. The van der Waals surface area contributed by atoms with Crippen LogP contribution in [-0.2, 0) is 19.2 Å². The topological polar surface area (TPSA) is 119 Å². The van der Waals surface area contributed by atoms with Crippen LogP contribution in [0.15, 0.2) is 95.1 Å². The number of phenolic OH excluding ortho intramolecular Hbond substituents is 1. The van der Waals surface area contributed by atoms with E-state index in [2.05, 4.69) is 0 Å². The summed E-state index contributed by atoms with van der Waals surface area (Å²) in [6.07, 6.45) is 7.70. The van der Waals surface area contributed by atoms with E-state index in [1.54, 1.807) is 45.4 Å². The van der Waals surface area contributed by atoms with Crippen molar-refractivity contribution in [1.82, 2.24) is 0 Å². The number of ketones is 2. The lowest BCUT2D eigenvalue weighted by atomic mass is 9.59. The Balaban J connectivity index is 1.21. The molecule has 4 aliphatic rings. The molecule has 0 aromatic heterocycles. The summed E-state index contributed by atoms with van der Waals surface area (Å²) >= 11 is 0. The quantitative estimate of drug-likeness (QED) is 0.123. The minimum absolute atomic E-state index is 0.0367. The molecule has 50 heavy (non-hydrogen) atoms. The summed E-state index contributed by atoms with van der Waals surface area (Å²) in [5.74, 6) is -1.82. The largest absolute Gasteiger partial charge is 0.504 e. The van der Waals surface area contributed by atoms with Crippen LogP contribution in [0.1, 0.15) is 49.3 Å². The van der Waals surface area contributed by atoms with Crippen molar-refractivity contribution in [3.8, 4) is 23.0 Å². The Kier molecular flexibility index (Phi) is 8.51. The molecule has 0 unspecified atom stereocenters. The van der Waals surface area contributed by atoms with Gasteiger partial charge in [-0.2, -0.15) is 0 Å². The number of benzene rings is 3. The second kappa shape index (κ2) is 13.0. The SMILES string of the molecule is CCOc1cc([C@H]2C3=CC[C@@H]4C(=O)N(c5ccc(C=Cc6cc(OC)ccc6OC)cc5)C(=O)[C@@H]4[C@@H]3CC3=C2C(=O)C=C(C)C3=O)ccc1O. The van der Waals surface area contributed by atoms with Gasteiger partial charge in [-0.05, 0) is 92.3 Å². The Morgan fingerprint density at radius 1 is 0.880 bits per heavy atom. The second-order valence-electron chi connectivity index (χ2n) is 12.9. The molecule has 1 N–H and O–H groups in total. The Morgan fingerprint density at radius 3 is 2.38 bits per heavy atom. The number of nitrogens with zero attached hydrogens (tertiary/aromatic N) is 1. The molecule has 3 aromatic rings. The fraction of sp³-hybridized carbons (Fsp3) is 0.268. The van der Waals surface area contributed by atoms with Crippen molar-refractivity contribution in [3.05, 3.63) is 112 Å². The van der Waals surface area contributed by atoms with E-state index < -0.39 is 23.7 Å². The number of phenols is 1. The highest BCUT2D eigenvalue weighted by Gasteiger charge is 2.56. The number of anilines is 1. The molecular formula is C41H37NO8. The summed E-state index contributed by atoms with van der Waals surface area (Å²) in [5, 5.41) is 10.4.